The zero-order valence-electron chi connectivity index (χ0n) is 14.9. The Labute approximate surface area is 155 Å². The van der Waals surface area contributed by atoms with Gasteiger partial charge in [-0.15, -0.1) is 0 Å². The number of nitrogens with one attached hydrogen (secondary N) is 1. The van der Waals surface area contributed by atoms with Gasteiger partial charge in [-0.05, 0) is 48.4 Å². The Morgan fingerprint density at radius 1 is 1.15 bits per heavy atom. The average molecular weight is 372 g/mol. The van der Waals surface area contributed by atoms with Crippen LogP contribution in [0.15, 0.2) is 42.0 Å². The highest BCUT2D eigenvalue weighted by atomic mass is 19.1. The van der Waals surface area contributed by atoms with Gasteiger partial charge in [0.15, 0.2) is 11.5 Å². The van der Waals surface area contributed by atoms with Crippen LogP contribution in [0.25, 0.3) is 6.08 Å². The smallest absolute Gasteiger partial charge is 0.261 e. The number of halogens is 2. The predicted molar refractivity (Wildman–Crippen MR) is 96.2 cm³/mol. The van der Waals surface area contributed by atoms with Gasteiger partial charge in [-0.2, -0.15) is 5.26 Å². The summed E-state index contributed by atoms with van der Waals surface area (Å²) in [5, 5.41) is 11.7. The maximum absolute atomic E-state index is 13.7. The highest BCUT2D eigenvalue weighted by molar-refractivity contribution is 6.01. The summed E-state index contributed by atoms with van der Waals surface area (Å²) in [4.78, 5) is 12.1. The number of rotatable bonds is 7. The molecule has 0 saturated heterocycles. The van der Waals surface area contributed by atoms with Crippen molar-refractivity contribution in [2.24, 2.45) is 0 Å². The van der Waals surface area contributed by atoms with Gasteiger partial charge in [0.25, 0.3) is 5.91 Å². The minimum Gasteiger partial charge on any atom is -0.493 e. The van der Waals surface area contributed by atoms with Gasteiger partial charge in [-0.3, -0.25) is 4.79 Å². The van der Waals surface area contributed by atoms with Crippen LogP contribution in [0.5, 0.6) is 11.5 Å². The Hall–Kier alpha value is -3.40. The van der Waals surface area contributed by atoms with E-state index in [-0.39, 0.29) is 17.7 Å². The first-order chi connectivity index (χ1) is 13.0. The van der Waals surface area contributed by atoms with Crippen LogP contribution in [-0.2, 0) is 11.2 Å². The fourth-order valence-electron chi connectivity index (χ4n) is 2.38. The molecule has 0 atom stereocenters. The average Bonchev–Trinajstić information content (AvgIpc) is 2.68. The van der Waals surface area contributed by atoms with Gasteiger partial charge in [0.05, 0.1) is 14.2 Å². The van der Waals surface area contributed by atoms with E-state index in [1.165, 1.54) is 14.2 Å². The molecular formula is C20H18F2N2O3. The SMILES string of the molecule is COc1ccc(CCNC(=O)/C(C#N)=C/c2cc(F)ccc2F)cc1OC. The highest BCUT2D eigenvalue weighted by Crippen LogP contribution is 2.27. The van der Waals surface area contributed by atoms with E-state index in [2.05, 4.69) is 5.32 Å². The van der Waals surface area contributed by atoms with E-state index in [9.17, 15) is 13.6 Å². The number of amides is 1. The molecule has 0 fully saturated rings. The molecule has 5 nitrogen and oxygen atoms in total. The first kappa shape index (κ1) is 19.9. The van der Waals surface area contributed by atoms with Crippen molar-refractivity contribution in [1.29, 1.82) is 5.26 Å². The summed E-state index contributed by atoms with van der Waals surface area (Å²) in [6, 6.07) is 9.89. The number of nitrogens with zero attached hydrogens (tertiary/aromatic N) is 1. The number of hydrogen-bond acceptors (Lipinski definition) is 4. The molecule has 27 heavy (non-hydrogen) atoms. The fraction of sp³-hybridized carbons (Fsp3) is 0.200. The molecule has 2 rings (SSSR count). The molecule has 0 aromatic heterocycles. The number of hydrogen-bond donors (Lipinski definition) is 1. The lowest BCUT2D eigenvalue weighted by Gasteiger charge is -2.10. The lowest BCUT2D eigenvalue weighted by molar-refractivity contribution is -0.117. The number of benzene rings is 2. The maximum Gasteiger partial charge on any atom is 0.261 e. The monoisotopic (exact) mass is 372 g/mol. The standard InChI is InChI=1S/C20H18F2N2O3/c1-26-18-6-3-13(9-19(18)27-2)7-8-24-20(25)15(12-23)10-14-11-16(21)4-5-17(14)22/h3-6,9-11H,7-8H2,1-2H3,(H,24,25)/b15-10+. The van der Waals surface area contributed by atoms with Gasteiger partial charge >= 0.3 is 0 Å². The zero-order chi connectivity index (χ0) is 19.8. The first-order valence-corrected chi connectivity index (χ1v) is 8.04. The molecule has 0 aliphatic rings. The molecule has 0 unspecified atom stereocenters. The van der Waals surface area contributed by atoms with Crippen LogP contribution in [0.4, 0.5) is 8.78 Å². The normalized spacial score (nSPS) is 10.9. The van der Waals surface area contributed by atoms with E-state index in [4.69, 9.17) is 14.7 Å². The van der Waals surface area contributed by atoms with Crippen LogP contribution in [0.2, 0.25) is 0 Å². The molecule has 0 spiro atoms. The fourth-order valence-corrected chi connectivity index (χ4v) is 2.38. The number of carbonyl (C=O) groups is 1. The Morgan fingerprint density at radius 3 is 2.56 bits per heavy atom. The lowest BCUT2D eigenvalue weighted by atomic mass is 10.1. The largest absolute Gasteiger partial charge is 0.493 e. The summed E-state index contributed by atoms with van der Waals surface area (Å²) in [5.41, 5.74) is 0.417. The zero-order valence-corrected chi connectivity index (χ0v) is 14.9. The van der Waals surface area contributed by atoms with Crippen molar-refractivity contribution in [2.75, 3.05) is 20.8 Å². The second kappa shape index (κ2) is 9.34. The van der Waals surface area contributed by atoms with Crippen LogP contribution >= 0.6 is 0 Å². The van der Waals surface area contributed by atoms with Crippen molar-refractivity contribution in [3.05, 3.63) is 64.7 Å². The molecule has 0 radical (unpaired) electrons. The molecule has 0 aliphatic carbocycles. The van der Waals surface area contributed by atoms with E-state index in [0.717, 1.165) is 29.8 Å². The van der Waals surface area contributed by atoms with Gasteiger partial charge in [0.2, 0.25) is 0 Å². The van der Waals surface area contributed by atoms with Gasteiger partial charge in [0, 0.05) is 12.1 Å². The third-order valence-corrected chi connectivity index (χ3v) is 3.77. The van der Waals surface area contributed by atoms with E-state index < -0.39 is 17.5 Å². The van der Waals surface area contributed by atoms with Crippen molar-refractivity contribution < 1.29 is 23.0 Å². The maximum atomic E-state index is 13.7. The summed E-state index contributed by atoms with van der Waals surface area (Å²) in [5.74, 6) is -0.879. The Kier molecular flexibility index (Phi) is 6.89. The summed E-state index contributed by atoms with van der Waals surface area (Å²) in [6.45, 7) is 0.249. The topological polar surface area (TPSA) is 71.3 Å². The minimum absolute atomic E-state index is 0.165. The second-order valence-corrected chi connectivity index (χ2v) is 5.53. The van der Waals surface area contributed by atoms with Gasteiger partial charge in [-0.25, -0.2) is 8.78 Å². The molecular weight excluding hydrogens is 354 g/mol. The van der Waals surface area contributed by atoms with Gasteiger partial charge in [-0.1, -0.05) is 6.07 Å². The minimum atomic E-state index is -0.720. The number of ether oxygens (including phenoxy) is 2. The van der Waals surface area contributed by atoms with E-state index in [1.54, 1.807) is 18.2 Å². The number of methoxy groups -OCH3 is 2. The van der Waals surface area contributed by atoms with Crippen molar-refractivity contribution in [3.8, 4) is 17.6 Å². The van der Waals surface area contributed by atoms with Gasteiger partial charge < -0.3 is 14.8 Å². The molecule has 2 aromatic carbocycles. The van der Waals surface area contributed by atoms with Crippen molar-refractivity contribution in [3.63, 3.8) is 0 Å². The van der Waals surface area contributed by atoms with Crippen LogP contribution in [0.3, 0.4) is 0 Å². The third-order valence-electron chi connectivity index (χ3n) is 3.77. The molecule has 7 heteroatoms. The van der Waals surface area contributed by atoms with E-state index >= 15 is 0 Å². The molecule has 140 valence electrons. The van der Waals surface area contributed by atoms with Crippen LogP contribution in [0.1, 0.15) is 11.1 Å². The van der Waals surface area contributed by atoms with E-state index in [0.29, 0.717) is 17.9 Å². The quantitative estimate of drug-likeness (QED) is 0.598. The number of nitriles is 1. The van der Waals surface area contributed by atoms with Crippen molar-refractivity contribution >= 4 is 12.0 Å². The van der Waals surface area contributed by atoms with E-state index in [1.807, 2.05) is 6.07 Å². The number of carbonyl (C=O) groups excluding carboxylic acids is 1. The lowest BCUT2D eigenvalue weighted by Crippen LogP contribution is -2.26. The van der Waals surface area contributed by atoms with Crippen LogP contribution < -0.4 is 14.8 Å². The summed E-state index contributed by atoms with van der Waals surface area (Å²) in [7, 11) is 3.06. The molecule has 1 amide bonds. The Bertz CT molecular complexity index is 905. The Morgan fingerprint density at radius 2 is 1.89 bits per heavy atom. The van der Waals surface area contributed by atoms with Crippen LogP contribution in [0, 0.1) is 23.0 Å². The van der Waals surface area contributed by atoms with Crippen LogP contribution in [-0.4, -0.2) is 26.7 Å². The summed E-state index contributed by atoms with van der Waals surface area (Å²) >= 11 is 0. The highest BCUT2D eigenvalue weighted by Gasteiger charge is 2.11. The molecule has 0 saturated carbocycles. The molecule has 0 bridgehead atoms. The summed E-state index contributed by atoms with van der Waals surface area (Å²) < 4.78 is 37.2. The van der Waals surface area contributed by atoms with Crippen molar-refractivity contribution in [1.82, 2.24) is 5.32 Å². The van der Waals surface area contributed by atoms with Crippen molar-refractivity contribution in [2.45, 2.75) is 6.42 Å². The molecule has 0 heterocycles. The third kappa shape index (κ3) is 5.28. The Balaban J connectivity index is 2.03. The first-order valence-electron chi connectivity index (χ1n) is 8.04. The van der Waals surface area contributed by atoms with Gasteiger partial charge in [0.1, 0.15) is 23.3 Å². The molecule has 0 aliphatic heterocycles. The molecule has 2 aromatic rings. The second-order valence-electron chi connectivity index (χ2n) is 5.53. The predicted octanol–water partition coefficient (Wildman–Crippen LogP) is 3.25. The summed E-state index contributed by atoms with van der Waals surface area (Å²) in [6.07, 6.45) is 1.50. The molecule has 1 N–H and O–H groups in total.